The van der Waals surface area contributed by atoms with Crippen LogP contribution in [0.15, 0.2) is 24.3 Å². The van der Waals surface area contributed by atoms with Gasteiger partial charge in [-0.2, -0.15) is 0 Å². The van der Waals surface area contributed by atoms with Gasteiger partial charge in [0, 0.05) is 31.0 Å². The minimum Gasteiger partial charge on any atom is -0.461 e. The number of benzene rings is 1. The summed E-state index contributed by atoms with van der Waals surface area (Å²) in [6.07, 6.45) is 0. The molecule has 1 aromatic heterocycles. The predicted octanol–water partition coefficient (Wildman–Crippen LogP) is 2.91. The maximum atomic E-state index is 12.5. The molecular weight excluding hydrogens is 348 g/mol. The Morgan fingerprint density at radius 3 is 2.19 bits per heavy atom. The van der Waals surface area contributed by atoms with Crippen LogP contribution in [0.5, 0.6) is 0 Å². The fourth-order valence-corrected chi connectivity index (χ4v) is 2.76. The lowest BCUT2D eigenvalue weighted by atomic mass is 10.1. The zero-order valence-corrected chi connectivity index (χ0v) is 16.2. The maximum Gasteiger partial charge on any atom is 0.355 e. The minimum absolute atomic E-state index is 0.239. The average molecular weight is 372 g/mol. The van der Waals surface area contributed by atoms with Gasteiger partial charge in [-0.3, -0.25) is 4.79 Å². The highest BCUT2D eigenvalue weighted by atomic mass is 16.5. The molecule has 0 atom stereocenters. The summed E-state index contributed by atoms with van der Waals surface area (Å²) in [6, 6.07) is 6.89. The first kappa shape index (κ1) is 20.2. The maximum absolute atomic E-state index is 12.5. The summed E-state index contributed by atoms with van der Waals surface area (Å²) >= 11 is 0. The van der Waals surface area contributed by atoms with E-state index in [0.717, 1.165) is 5.69 Å². The number of hydrogen-bond acceptors (Lipinski definition) is 6. The number of aromatic nitrogens is 1. The van der Waals surface area contributed by atoms with Crippen molar-refractivity contribution in [1.29, 1.82) is 0 Å². The predicted molar refractivity (Wildman–Crippen MR) is 102 cm³/mol. The number of hydrogen-bond donors (Lipinski definition) is 1. The molecule has 1 aromatic carbocycles. The zero-order chi connectivity index (χ0) is 20.1. The summed E-state index contributed by atoms with van der Waals surface area (Å²) < 4.78 is 10.1. The summed E-state index contributed by atoms with van der Waals surface area (Å²) in [5.41, 5.74) is 2.92. The summed E-state index contributed by atoms with van der Waals surface area (Å²) in [5, 5.41) is 0. The van der Waals surface area contributed by atoms with Gasteiger partial charge < -0.3 is 19.4 Å². The SMILES string of the molecule is CCOC(=O)c1[nH]c(C)c(C(=O)COC(=O)c2ccc(N(C)C)cc2)c1C. The number of aromatic amines is 1. The molecule has 0 saturated carbocycles. The standard InChI is InChI=1S/C20H24N2O5/c1-6-26-20(25)18-12(2)17(13(3)21-18)16(23)11-27-19(24)14-7-9-15(10-8-14)22(4)5/h7-10,21H,6,11H2,1-5H3. The largest absolute Gasteiger partial charge is 0.461 e. The second-order valence-corrected chi connectivity index (χ2v) is 6.29. The second kappa shape index (κ2) is 8.53. The first-order valence-corrected chi connectivity index (χ1v) is 8.60. The summed E-state index contributed by atoms with van der Waals surface area (Å²) in [4.78, 5) is 41.4. The molecule has 1 N–H and O–H groups in total. The molecule has 1 heterocycles. The number of esters is 2. The first-order valence-electron chi connectivity index (χ1n) is 8.60. The topological polar surface area (TPSA) is 88.7 Å². The molecule has 0 aliphatic carbocycles. The van der Waals surface area contributed by atoms with Crippen LogP contribution in [0.4, 0.5) is 5.69 Å². The Morgan fingerprint density at radius 1 is 1.00 bits per heavy atom. The van der Waals surface area contributed by atoms with Gasteiger partial charge in [-0.1, -0.05) is 0 Å². The smallest absolute Gasteiger partial charge is 0.355 e. The normalized spacial score (nSPS) is 10.4. The molecule has 7 heteroatoms. The first-order chi connectivity index (χ1) is 12.8. The third-order valence-electron chi connectivity index (χ3n) is 4.15. The van der Waals surface area contributed by atoms with Crippen molar-refractivity contribution in [3.05, 3.63) is 52.3 Å². The van der Waals surface area contributed by atoms with Crippen molar-refractivity contribution in [2.75, 3.05) is 32.2 Å². The highest BCUT2D eigenvalue weighted by Gasteiger charge is 2.23. The van der Waals surface area contributed by atoms with Gasteiger partial charge in [0.2, 0.25) is 5.78 Å². The highest BCUT2D eigenvalue weighted by molar-refractivity contribution is 6.04. The van der Waals surface area contributed by atoms with Crippen LogP contribution in [0, 0.1) is 13.8 Å². The molecule has 7 nitrogen and oxygen atoms in total. The summed E-state index contributed by atoms with van der Waals surface area (Å²) in [7, 11) is 3.80. The number of aryl methyl sites for hydroxylation is 1. The number of nitrogens with one attached hydrogen (secondary N) is 1. The Bertz CT molecular complexity index is 850. The second-order valence-electron chi connectivity index (χ2n) is 6.29. The number of ether oxygens (including phenoxy) is 2. The van der Waals surface area contributed by atoms with E-state index in [2.05, 4.69) is 4.98 Å². The third-order valence-corrected chi connectivity index (χ3v) is 4.15. The van der Waals surface area contributed by atoms with Gasteiger partial charge in [0.05, 0.1) is 12.2 Å². The van der Waals surface area contributed by atoms with Crippen molar-refractivity contribution < 1.29 is 23.9 Å². The molecule has 0 unspecified atom stereocenters. The number of carbonyl (C=O) groups is 3. The number of rotatable bonds is 7. The lowest BCUT2D eigenvalue weighted by Crippen LogP contribution is -2.16. The number of carbonyl (C=O) groups excluding carboxylic acids is 3. The minimum atomic E-state index is -0.579. The Balaban J connectivity index is 2.07. The average Bonchev–Trinajstić information content (AvgIpc) is 2.94. The van der Waals surface area contributed by atoms with E-state index in [0.29, 0.717) is 22.4 Å². The number of Topliss-reactive ketones (excluding diaryl/α,β-unsaturated/α-hetero) is 1. The molecular formula is C20H24N2O5. The van der Waals surface area contributed by atoms with Crippen molar-refractivity contribution in [2.24, 2.45) is 0 Å². The number of anilines is 1. The van der Waals surface area contributed by atoms with Gasteiger partial charge in [-0.25, -0.2) is 9.59 Å². The molecule has 144 valence electrons. The van der Waals surface area contributed by atoms with Gasteiger partial charge in [-0.15, -0.1) is 0 Å². The van der Waals surface area contributed by atoms with E-state index in [4.69, 9.17) is 9.47 Å². The quantitative estimate of drug-likeness (QED) is 0.594. The fraction of sp³-hybridized carbons (Fsp3) is 0.350. The molecule has 0 saturated heterocycles. The highest BCUT2D eigenvalue weighted by Crippen LogP contribution is 2.20. The van der Waals surface area contributed by atoms with Crippen molar-refractivity contribution in [2.45, 2.75) is 20.8 Å². The van der Waals surface area contributed by atoms with E-state index in [9.17, 15) is 14.4 Å². The Kier molecular flexibility index (Phi) is 6.39. The molecule has 0 bridgehead atoms. The summed E-state index contributed by atoms with van der Waals surface area (Å²) in [6.45, 7) is 4.88. The lowest BCUT2D eigenvalue weighted by molar-refractivity contribution is 0.0473. The zero-order valence-electron chi connectivity index (χ0n) is 16.2. The van der Waals surface area contributed by atoms with Crippen molar-refractivity contribution in [1.82, 2.24) is 4.98 Å². The van der Waals surface area contributed by atoms with Crippen LogP contribution < -0.4 is 4.90 Å². The van der Waals surface area contributed by atoms with Crippen molar-refractivity contribution in [3.8, 4) is 0 Å². The van der Waals surface area contributed by atoms with Crippen LogP contribution >= 0.6 is 0 Å². The number of ketones is 1. The van der Waals surface area contributed by atoms with Gasteiger partial charge in [0.15, 0.2) is 6.61 Å². The van der Waals surface area contributed by atoms with E-state index >= 15 is 0 Å². The lowest BCUT2D eigenvalue weighted by Gasteiger charge is -2.12. The van der Waals surface area contributed by atoms with Gasteiger partial charge >= 0.3 is 11.9 Å². The monoisotopic (exact) mass is 372 g/mol. The van der Waals surface area contributed by atoms with E-state index in [1.807, 2.05) is 19.0 Å². The van der Waals surface area contributed by atoms with E-state index < -0.39 is 18.5 Å². The number of H-pyrrole nitrogens is 1. The molecule has 0 amide bonds. The molecule has 2 aromatic rings. The Hall–Kier alpha value is -3.09. The fourth-order valence-electron chi connectivity index (χ4n) is 2.76. The van der Waals surface area contributed by atoms with Crippen LogP contribution in [0.2, 0.25) is 0 Å². The van der Waals surface area contributed by atoms with Gasteiger partial charge in [-0.05, 0) is 50.6 Å². The summed E-state index contributed by atoms with van der Waals surface area (Å²) in [5.74, 6) is -1.48. The molecule has 27 heavy (non-hydrogen) atoms. The van der Waals surface area contributed by atoms with Crippen LogP contribution in [0.3, 0.4) is 0 Å². The Labute approximate surface area is 158 Å². The third kappa shape index (κ3) is 4.55. The van der Waals surface area contributed by atoms with E-state index in [1.54, 1.807) is 45.0 Å². The van der Waals surface area contributed by atoms with Crippen LogP contribution in [0.1, 0.15) is 49.4 Å². The van der Waals surface area contributed by atoms with Crippen molar-refractivity contribution in [3.63, 3.8) is 0 Å². The van der Waals surface area contributed by atoms with Crippen LogP contribution in [0.25, 0.3) is 0 Å². The molecule has 0 fully saturated rings. The van der Waals surface area contributed by atoms with Gasteiger partial charge in [0.25, 0.3) is 0 Å². The molecule has 2 rings (SSSR count). The molecule has 0 spiro atoms. The van der Waals surface area contributed by atoms with Crippen LogP contribution in [-0.2, 0) is 9.47 Å². The van der Waals surface area contributed by atoms with E-state index in [1.165, 1.54) is 0 Å². The molecule has 0 radical (unpaired) electrons. The van der Waals surface area contributed by atoms with E-state index in [-0.39, 0.29) is 18.1 Å². The number of nitrogens with zero attached hydrogens (tertiary/aromatic N) is 1. The van der Waals surface area contributed by atoms with Crippen LogP contribution in [-0.4, -0.2) is 50.0 Å². The van der Waals surface area contributed by atoms with Crippen molar-refractivity contribution >= 4 is 23.4 Å². The van der Waals surface area contributed by atoms with Gasteiger partial charge in [0.1, 0.15) is 5.69 Å². The molecule has 0 aliphatic heterocycles. The Morgan fingerprint density at radius 2 is 1.63 bits per heavy atom. The molecule has 0 aliphatic rings.